The zero-order chi connectivity index (χ0) is 13.8. The second-order valence-corrected chi connectivity index (χ2v) is 4.81. The van der Waals surface area contributed by atoms with E-state index >= 15 is 0 Å². The first kappa shape index (κ1) is 13.3. The van der Waals surface area contributed by atoms with Crippen molar-refractivity contribution >= 4 is 29.1 Å². The number of rotatable bonds is 4. The van der Waals surface area contributed by atoms with Crippen LogP contribution in [0.25, 0.3) is 0 Å². The molecule has 0 unspecified atom stereocenters. The maximum Gasteiger partial charge on any atom is 0.196 e. The van der Waals surface area contributed by atoms with Crippen molar-refractivity contribution in [2.45, 2.75) is 17.0 Å². The lowest BCUT2D eigenvalue weighted by atomic mass is 10.3. The predicted octanol–water partition coefficient (Wildman–Crippen LogP) is 1.77. The Labute approximate surface area is 115 Å². The summed E-state index contributed by atoms with van der Waals surface area (Å²) in [7, 11) is 0. The molecule has 1 aromatic heterocycles. The van der Waals surface area contributed by atoms with Crippen LogP contribution < -0.4 is 21.9 Å². The monoisotopic (exact) mass is 277 g/mol. The van der Waals surface area contributed by atoms with E-state index in [1.165, 1.54) is 17.8 Å². The summed E-state index contributed by atoms with van der Waals surface area (Å²) in [6, 6.07) is 6.96. The molecule has 0 saturated heterocycles. The largest absolute Gasteiger partial charge is 0.494 e. The average molecular weight is 277 g/mol. The highest BCUT2D eigenvalue weighted by Gasteiger charge is 2.06. The first-order chi connectivity index (χ1) is 9.06. The Morgan fingerprint density at radius 3 is 2.37 bits per heavy atom. The van der Waals surface area contributed by atoms with E-state index in [0.717, 1.165) is 4.90 Å². The lowest BCUT2D eigenvalue weighted by molar-refractivity contribution is 0.339. The third-order valence-electron chi connectivity index (χ3n) is 2.17. The molecule has 0 bridgehead atoms. The molecule has 0 aliphatic carbocycles. The van der Waals surface area contributed by atoms with E-state index in [9.17, 15) is 0 Å². The Hall–Kier alpha value is -2.15. The molecule has 7 heteroatoms. The third-order valence-corrected chi connectivity index (χ3v) is 3.00. The van der Waals surface area contributed by atoms with Crippen LogP contribution in [0.4, 0.5) is 17.3 Å². The fourth-order valence-corrected chi connectivity index (χ4v) is 2.40. The minimum Gasteiger partial charge on any atom is -0.494 e. The van der Waals surface area contributed by atoms with Crippen molar-refractivity contribution in [3.05, 3.63) is 24.3 Å². The molecule has 6 nitrogen and oxygen atoms in total. The van der Waals surface area contributed by atoms with Gasteiger partial charge in [-0.2, -0.15) is 0 Å². The zero-order valence-corrected chi connectivity index (χ0v) is 11.3. The van der Waals surface area contributed by atoms with Crippen molar-refractivity contribution in [3.63, 3.8) is 0 Å². The highest BCUT2D eigenvalue weighted by atomic mass is 32.2. The summed E-state index contributed by atoms with van der Waals surface area (Å²) in [5, 5.41) is 0.477. The number of nitrogens with zero attached hydrogens (tertiary/aromatic N) is 2. The van der Waals surface area contributed by atoms with Crippen LogP contribution in [0.15, 0.2) is 34.3 Å². The number of nitrogens with two attached hydrogens (primary N) is 3. The van der Waals surface area contributed by atoms with Gasteiger partial charge in [-0.3, -0.25) is 0 Å². The number of ether oxygens (including phenoxy) is 1. The van der Waals surface area contributed by atoms with Crippen LogP contribution in [0.1, 0.15) is 6.92 Å². The summed E-state index contributed by atoms with van der Waals surface area (Å²) in [6.07, 6.45) is 0. The summed E-state index contributed by atoms with van der Waals surface area (Å²) < 4.78 is 5.43. The molecule has 0 fully saturated rings. The van der Waals surface area contributed by atoms with Crippen molar-refractivity contribution in [2.24, 2.45) is 0 Å². The Morgan fingerprint density at radius 2 is 1.74 bits per heavy atom. The van der Waals surface area contributed by atoms with Gasteiger partial charge in [0.15, 0.2) is 5.16 Å². The van der Waals surface area contributed by atoms with Crippen molar-refractivity contribution < 1.29 is 4.74 Å². The van der Waals surface area contributed by atoms with Crippen molar-refractivity contribution in [2.75, 3.05) is 23.8 Å². The minimum atomic E-state index is 0.337. The van der Waals surface area contributed by atoms with Crippen LogP contribution in [-0.2, 0) is 0 Å². The number of aromatic nitrogens is 2. The quantitative estimate of drug-likeness (QED) is 0.576. The van der Waals surface area contributed by atoms with Crippen molar-refractivity contribution in [3.8, 4) is 5.75 Å². The summed E-state index contributed by atoms with van der Waals surface area (Å²) in [4.78, 5) is 9.07. The molecule has 0 atom stereocenters. The van der Waals surface area contributed by atoms with Gasteiger partial charge < -0.3 is 21.9 Å². The van der Waals surface area contributed by atoms with Gasteiger partial charge in [0, 0.05) is 22.7 Å². The van der Waals surface area contributed by atoms with E-state index in [2.05, 4.69) is 9.97 Å². The molecule has 0 radical (unpaired) electrons. The molecule has 0 aliphatic heterocycles. The minimum absolute atomic E-state index is 0.337. The molecule has 19 heavy (non-hydrogen) atoms. The summed E-state index contributed by atoms with van der Waals surface area (Å²) in [5.74, 6) is 1.38. The van der Waals surface area contributed by atoms with Crippen LogP contribution in [0.2, 0.25) is 0 Å². The van der Waals surface area contributed by atoms with Gasteiger partial charge in [-0.15, -0.1) is 0 Å². The summed E-state index contributed by atoms with van der Waals surface area (Å²) in [6.45, 7) is 2.49. The highest BCUT2D eigenvalue weighted by molar-refractivity contribution is 7.99. The molecule has 1 aromatic carbocycles. The van der Waals surface area contributed by atoms with Gasteiger partial charge >= 0.3 is 0 Å². The molecule has 0 amide bonds. The fourth-order valence-electron chi connectivity index (χ4n) is 1.52. The highest BCUT2D eigenvalue weighted by Crippen LogP contribution is 2.31. The van der Waals surface area contributed by atoms with E-state index in [1.54, 1.807) is 6.07 Å². The van der Waals surface area contributed by atoms with Gasteiger partial charge in [0.05, 0.1) is 6.61 Å². The number of anilines is 3. The Bertz CT molecular complexity index is 570. The second-order valence-electron chi connectivity index (χ2n) is 3.77. The average Bonchev–Trinajstić information content (AvgIpc) is 2.26. The maximum atomic E-state index is 5.82. The Balaban J connectivity index is 2.27. The number of nitrogen functional groups attached to an aromatic ring is 3. The fraction of sp³-hybridized carbons (Fsp3) is 0.167. The lowest BCUT2D eigenvalue weighted by Crippen LogP contribution is -1.99. The molecule has 2 aromatic rings. The summed E-state index contributed by atoms with van der Waals surface area (Å²) >= 11 is 1.33. The molecule has 1 heterocycles. The van der Waals surface area contributed by atoms with Gasteiger partial charge in [0.25, 0.3) is 0 Å². The van der Waals surface area contributed by atoms with Crippen LogP contribution in [0, 0.1) is 0 Å². The molecule has 0 aliphatic rings. The van der Waals surface area contributed by atoms with Crippen LogP contribution in [0.5, 0.6) is 5.75 Å². The van der Waals surface area contributed by atoms with Gasteiger partial charge in [0.1, 0.15) is 17.4 Å². The standard InChI is InChI=1S/C12H15N5OS/c1-2-18-8-3-7(13)4-9(5-8)19-12-16-10(14)6-11(15)17-12/h3-6H,2,13H2,1H3,(H4,14,15,16,17). The molecule has 100 valence electrons. The molecular formula is C12H15N5OS. The Kier molecular flexibility index (Phi) is 3.96. The normalized spacial score (nSPS) is 10.4. The number of hydrogen-bond donors (Lipinski definition) is 3. The van der Waals surface area contributed by atoms with Crippen molar-refractivity contribution in [1.29, 1.82) is 0 Å². The number of benzene rings is 1. The second kappa shape index (κ2) is 5.66. The van der Waals surface area contributed by atoms with Crippen LogP contribution in [0.3, 0.4) is 0 Å². The summed E-state index contributed by atoms with van der Waals surface area (Å²) in [5.41, 5.74) is 17.7. The van der Waals surface area contributed by atoms with Crippen LogP contribution >= 0.6 is 11.8 Å². The molecular weight excluding hydrogens is 262 g/mol. The van der Waals surface area contributed by atoms with Crippen LogP contribution in [-0.4, -0.2) is 16.6 Å². The smallest absolute Gasteiger partial charge is 0.196 e. The van der Waals surface area contributed by atoms with E-state index < -0.39 is 0 Å². The Morgan fingerprint density at radius 1 is 1.05 bits per heavy atom. The predicted molar refractivity (Wildman–Crippen MR) is 77.0 cm³/mol. The molecule has 2 rings (SSSR count). The van der Waals surface area contributed by atoms with E-state index in [1.807, 2.05) is 19.1 Å². The van der Waals surface area contributed by atoms with E-state index in [0.29, 0.717) is 34.8 Å². The topological polar surface area (TPSA) is 113 Å². The molecule has 0 saturated carbocycles. The van der Waals surface area contributed by atoms with E-state index in [4.69, 9.17) is 21.9 Å². The zero-order valence-electron chi connectivity index (χ0n) is 10.5. The van der Waals surface area contributed by atoms with Gasteiger partial charge in [0.2, 0.25) is 0 Å². The van der Waals surface area contributed by atoms with Gasteiger partial charge in [-0.25, -0.2) is 9.97 Å². The number of hydrogen-bond acceptors (Lipinski definition) is 7. The first-order valence-corrected chi connectivity index (χ1v) is 6.49. The lowest BCUT2D eigenvalue weighted by Gasteiger charge is -2.07. The van der Waals surface area contributed by atoms with Gasteiger partial charge in [-0.1, -0.05) is 0 Å². The first-order valence-electron chi connectivity index (χ1n) is 5.68. The van der Waals surface area contributed by atoms with Gasteiger partial charge in [-0.05, 0) is 30.8 Å². The molecule has 6 N–H and O–H groups in total. The van der Waals surface area contributed by atoms with E-state index in [-0.39, 0.29) is 0 Å². The molecule has 0 spiro atoms. The third kappa shape index (κ3) is 3.65. The van der Waals surface area contributed by atoms with Crippen molar-refractivity contribution in [1.82, 2.24) is 9.97 Å². The maximum absolute atomic E-state index is 5.82. The SMILES string of the molecule is CCOc1cc(N)cc(Sc2nc(N)cc(N)n2)c1.